The number of ether oxygens (including phenoxy) is 1. The van der Waals surface area contributed by atoms with Crippen molar-refractivity contribution in [1.82, 2.24) is 0 Å². The van der Waals surface area contributed by atoms with Crippen LogP contribution in [0.4, 0.5) is 0 Å². The molecule has 0 saturated heterocycles. The van der Waals surface area contributed by atoms with Crippen molar-refractivity contribution in [2.75, 3.05) is 7.11 Å². The lowest BCUT2D eigenvalue weighted by atomic mass is 10.2. The summed E-state index contributed by atoms with van der Waals surface area (Å²) in [4.78, 5) is 3.72. The van der Waals surface area contributed by atoms with E-state index in [4.69, 9.17) is 50.7 Å². The van der Waals surface area contributed by atoms with Gasteiger partial charge in [0.15, 0.2) is 11.7 Å². The molecule has 17 heavy (non-hydrogen) atoms. The smallest absolute Gasteiger partial charge is 0.247 e. The Kier molecular flexibility index (Phi) is 4.62. The lowest BCUT2D eigenvalue weighted by Crippen LogP contribution is -2.29. The second kappa shape index (κ2) is 5.58. The summed E-state index contributed by atoms with van der Waals surface area (Å²) >= 11 is 16.6. The lowest BCUT2D eigenvalue weighted by Gasteiger charge is -2.09. The second-order valence-electron chi connectivity index (χ2n) is 3.07. The number of benzene rings is 1. The van der Waals surface area contributed by atoms with E-state index in [1.807, 2.05) is 0 Å². The quantitative estimate of drug-likeness (QED) is 0.500. The Hall–Kier alpha value is -0.970. The van der Waals surface area contributed by atoms with Crippen molar-refractivity contribution in [3.8, 4) is 5.75 Å². The number of aliphatic imine (C=N–C) groups is 1. The highest BCUT2D eigenvalue weighted by Gasteiger charge is 2.25. The Balaban J connectivity index is 2.90. The molecule has 0 unspecified atom stereocenters. The molecule has 1 aromatic rings. The van der Waals surface area contributed by atoms with Crippen molar-refractivity contribution < 1.29 is 4.74 Å². The van der Waals surface area contributed by atoms with E-state index in [1.54, 1.807) is 31.4 Å². The molecule has 0 radical (unpaired) electrons. The minimum absolute atomic E-state index is 0.0866. The van der Waals surface area contributed by atoms with Crippen LogP contribution < -0.4 is 10.5 Å². The lowest BCUT2D eigenvalue weighted by molar-refractivity contribution is 0.415. The summed E-state index contributed by atoms with van der Waals surface area (Å²) < 4.78 is 3.18. The third-order valence-electron chi connectivity index (χ3n) is 1.89. The molecule has 0 bridgehead atoms. The van der Waals surface area contributed by atoms with Crippen LogP contribution in [-0.4, -0.2) is 22.6 Å². The minimum atomic E-state index is -1.81. The zero-order valence-corrected chi connectivity index (χ0v) is 11.1. The van der Waals surface area contributed by atoms with E-state index < -0.39 is 3.79 Å². The Labute approximate surface area is 114 Å². The second-order valence-corrected chi connectivity index (χ2v) is 5.35. The molecule has 0 aliphatic rings. The summed E-state index contributed by atoms with van der Waals surface area (Å²) in [6, 6.07) is 6.72. The van der Waals surface area contributed by atoms with Crippen molar-refractivity contribution >= 4 is 46.5 Å². The fourth-order valence-electron chi connectivity index (χ4n) is 0.997. The first kappa shape index (κ1) is 14.1. The summed E-state index contributed by atoms with van der Waals surface area (Å²) in [7, 11) is 1.55. The summed E-state index contributed by atoms with van der Waals surface area (Å²) in [5.41, 5.74) is 5.98. The highest BCUT2D eigenvalue weighted by atomic mass is 35.6. The van der Waals surface area contributed by atoms with Gasteiger partial charge in [0.1, 0.15) is 5.75 Å². The number of nitrogens with two attached hydrogens (primary N) is 1. The predicted octanol–water partition coefficient (Wildman–Crippen LogP) is 2.75. The van der Waals surface area contributed by atoms with Gasteiger partial charge in [0, 0.05) is 5.56 Å². The van der Waals surface area contributed by atoms with Crippen molar-refractivity contribution in [1.29, 1.82) is 5.41 Å². The van der Waals surface area contributed by atoms with Gasteiger partial charge < -0.3 is 10.5 Å². The van der Waals surface area contributed by atoms with Crippen LogP contribution in [0, 0.1) is 5.41 Å². The third kappa shape index (κ3) is 4.07. The molecule has 0 spiro atoms. The molecule has 1 aromatic carbocycles. The van der Waals surface area contributed by atoms with Crippen LogP contribution in [0.2, 0.25) is 0 Å². The number of rotatable bonds is 2. The number of nitrogens with zero attached hydrogens (tertiary/aromatic N) is 1. The first-order chi connectivity index (χ1) is 7.84. The topological polar surface area (TPSA) is 71.5 Å². The molecule has 0 amide bonds. The van der Waals surface area contributed by atoms with Gasteiger partial charge in [-0.1, -0.05) is 34.8 Å². The summed E-state index contributed by atoms with van der Waals surface area (Å²) in [5, 5.41) is 7.68. The Morgan fingerprint density at radius 1 is 1.29 bits per heavy atom. The summed E-state index contributed by atoms with van der Waals surface area (Å²) in [6.45, 7) is 0. The monoisotopic (exact) mass is 293 g/mol. The van der Waals surface area contributed by atoms with Crippen LogP contribution in [0.25, 0.3) is 0 Å². The molecule has 0 aromatic heterocycles. The fourth-order valence-corrected chi connectivity index (χ4v) is 1.12. The zero-order valence-electron chi connectivity index (χ0n) is 8.88. The average molecular weight is 295 g/mol. The van der Waals surface area contributed by atoms with E-state index in [1.165, 1.54) is 0 Å². The van der Waals surface area contributed by atoms with Gasteiger partial charge in [-0.2, -0.15) is 0 Å². The SMILES string of the molecule is COc1ccc(C(=N)N=C(N)C(Cl)(Cl)Cl)cc1. The molecule has 92 valence electrons. The summed E-state index contributed by atoms with van der Waals surface area (Å²) in [5.74, 6) is 0.347. The largest absolute Gasteiger partial charge is 0.497 e. The van der Waals surface area contributed by atoms with Crippen LogP contribution >= 0.6 is 34.8 Å². The number of alkyl halides is 3. The molecule has 0 aliphatic heterocycles. The maximum atomic E-state index is 7.68. The highest BCUT2D eigenvalue weighted by Crippen LogP contribution is 2.26. The molecule has 0 saturated carbocycles. The first-order valence-electron chi connectivity index (χ1n) is 4.49. The van der Waals surface area contributed by atoms with Crippen LogP contribution in [0.3, 0.4) is 0 Å². The van der Waals surface area contributed by atoms with Crippen molar-refractivity contribution in [2.45, 2.75) is 3.79 Å². The van der Waals surface area contributed by atoms with E-state index in [9.17, 15) is 0 Å². The highest BCUT2D eigenvalue weighted by molar-refractivity contribution is 6.76. The van der Waals surface area contributed by atoms with E-state index in [2.05, 4.69) is 4.99 Å². The van der Waals surface area contributed by atoms with E-state index in [0.717, 1.165) is 0 Å². The molecular weight excluding hydrogens is 284 g/mol. The third-order valence-corrected chi connectivity index (χ3v) is 2.47. The number of hydrogen-bond acceptors (Lipinski definition) is 2. The molecule has 4 nitrogen and oxygen atoms in total. The Morgan fingerprint density at radius 2 is 1.82 bits per heavy atom. The van der Waals surface area contributed by atoms with Gasteiger partial charge in [-0.3, -0.25) is 5.41 Å². The minimum Gasteiger partial charge on any atom is -0.497 e. The number of hydrogen-bond donors (Lipinski definition) is 2. The summed E-state index contributed by atoms with van der Waals surface area (Å²) in [6.07, 6.45) is 0. The zero-order chi connectivity index (χ0) is 13.1. The standard InChI is InChI=1S/C10H10Cl3N3O/c1-17-7-4-2-6(3-5-7)8(14)16-9(15)10(11,12)13/h2-5H,1H3,(H3,14,15,16). The molecule has 0 heterocycles. The predicted molar refractivity (Wildman–Crippen MR) is 71.7 cm³/mol. The van der Waals surface area contributed by atoms with Crippen molar-refractivity contribution in [3.63, 3.8) is 0 Å². The van der Waals surface area contributed by atoms with Crippen LogP contribution in [0.15, 0.2) is 29.3 Å². The first-order valence-corrected chi connectivity index (χ1v) is 5.62. The normalized spacial score (nSPS) is 12.4. The number of amidine groups is 2. The maximum Gasteiger partial charge on any atom is 0.247 e. The van der Waals surface area contributed by atoms with E-state index in [-0.39, 0.29) is 11.7 Å². The number of nitrogens with one attached hydrogen (secondary N) is 1. The molecule has 0 fully saturated rings. The van der Waals surface area contributed by atoms with E-state index >= 15 is 0 Å². The average Bonchev–Trinajstić information content (AvgIpc) is 2.27. The molecular formula is C10H10Cl3N3O. The maximum absolute atomic E-state index is 7.68. The van der Waals surface area contributed by atoms with Gasteiger partial charge in [0.2, 0.25) is 3.79 Å². The molecule has 7 heteroatoms. The van der Waals surface area contributed by atoms with Crippen molar-refractivity contribution in [3.05, 3.63) is 29.8 Å². The van der Waals surface area contributed by atoms with E-state index in [0.29, 0.717) is 11.3 Å². The Bertz CT molecular complexity index is 437. The van der Waals surface area contributed by atoms with Crippen molar-refractivity contribution in [2.24, 2.45) is 10.7 Å². The van der Waals surface area contributed by atoms with Gasteiger partial charge in [0.25, 0.3) is 0 Å². The van der Waals surface area contributed by atoms with Gasteiger partial charge in [0.05, 0.1) is 7.11 Å². The van der Waals surface area contributed by atoms with Crippen LogP contribution in [-0.2, 0) is 0 Å². The molecule has 1 rings (SSSR count). The number of methoxy groups -OCH3 is 1. The van der Waals surface area contributed by atoms with Gasteiger partial charge in [-0.25, -0.2) is 4.99 Å². The number of halogens is 3. The molecule has 0 aliphatic carbocycles. The van der Waals surface area contributed by atoms with Gasteiger partial charge in [-0.15, -0.1) is 0 Å². The fraction of sp³-hybridized carbons (Fsp3) is 0.200. The Morgan fingerprint density at radius 3 is 2.24 bits per heavy atom. The molecule has 3 N–H and O–H groups in total. The van der Waals surface area contributed by atoms with Gasteiger partial charge in [-0.05, 0) is 24.3 Å². The van der Waals surface area contributed by atoms with Crippen LogP contribution in [0.5, 0.6) is 5.75 Å². The van der Waals surface area contributed by atoms with Gasteiger partial charge >= 0.3 is 0 Å². The van der Waals surface area contributed by atoms with Crippen LogP contribution in [0.1, 0.15) is 5.56 Å². The molecule has 0 atom stereocenters.